The van der Waals surface area contributed by atoms with Crippen LogP contribution in [-0.2, 0) is 10.2 Å². The minimum atomic E-state index is -0.631. The van der Waals surface area contributed by atoms with Gasteiger partial charge in [0, 0.05) is 0 Å². The third-order valence-electron chi connectivity index (χ3n) is 4.16. The lowest BCUT2D eigenvalue weighted by atomic mass is 9.58. The number of benzene rings is 1. The van der Waals surface area contributed by atoms with Gasteiger partial charge >= 0.3 is 5.97 Å². The zero-order valence-corrected chi connectivity index (χ0v) is 9.80. The first kappa shape index (κ1) is 11.5. The molecule has 3 heteroatoms. The van der Waals surface area contributed by atoms with Crippen LogP contribution in [0.15, 0.2) is 24.3 Å². The van der Waals surface area contributed by atoms with Gasteiger partial charge in [-0.3, -0.25) is 4.79 Å². The van der Waals surface area contributed by atoms with Crippen LogP contribution in [0.5, 0.6) is 0 Å². The van der Waals surface area contributed by atoms with Crippen LogP contribution < -0.4 is 0 Å². The lowest BCUT2D eigenvalue weighted by Crippen LogP contribution is -2.44. The maximum atomic E-state index is 11.5. The van der Waals surface area contributed by atoms with Crippen molar-refractivity contribution < 1.29 is 9.90 Å². The molecule has 4 rings (SSSR count). The van der Waals surface area contributed by atoms with Crippen molar-refractivity contribution in [1.82, 2.24) is 0 Å². The van der Waals surface area contributed by atoms with Crippen molar-refractivity contribution in [2.45, 2.75) is 37.0 Å². The van der Waals surface area contributed by atoms with Gasteiger partial charge in [0.2, 0.25) is 0 Å². The first-order valence-electron chi connectivity index (χ1n) is 5.57. The Bertz CT molecular complexity index is 420. The molecule has 1 saturated carbocycles. The monoisotopic (exact) mass is 238 g/mol. The summed E-state index contributed by atoms with van der Waals surface area (Å²) in [6.45, 7) is 0. The zero-order chi connectivity index (χ0) is 10.5. The topological polar surface area (TPSA) is 37.3 Å². The van der Waals surface area contributed by atoms with Crippen LogP contribution in [0.4, 0.5) is 0 Å². The van der Waals surface area contributed by atoms with Crippen LogP contribution in [0.3, 0.4) is 0 Å². The summed E-state index contributed by atoms with van der Waals surface area (Å²) >= 11 is 0. The Labute approximate surface area is 101 Å². The van der Waals surface area contributed by atoms with E-state index in [2.05, 4.69) is 6.07 Å². The zero-order valence-electron chi connectivity index (χ0n) is 8.98. The second-order valence-corrected chi connectivity index (χ2v) is 4.75. The Morgan fingerprint density at radius 2 is 1.88 bits per heavy atom. The fraction of sp³-hybridized carbons (Fsp3) is 0.462. The molecule has 3 aliphatic rings. The molecule has 0 heterocycles. The fourth-order valence-electron chi connectivity index (χ4n) is 3.31. The van der Waals surface area contributed by atoms with Gasteiger partial charge in [-0.1, -0.05) is 24.3 Å². The fourth-order valence-corrected chi connectivity index (χ4v) is 3.31. The van der Waals surface area contributed by atoms with Crippen molar-refractivity contribution in [3.8, 4) is 0 Å². The Kier molecular flexibility index (Phi) is 2.70. The van der Waals surface area contributed by atoms with E-state index in [1.807, 2.05) is 18.2 Å². The standard InChI is InChI=1S/C13H14O2.ClH/c14-12(15)13-7-5-9(6-8-13)10-3-1-2-4-11(10)13;/h1-4,9H,5-8H2,(H,14,15);1H. The number of halogens is 1. The Hall–Kier alpha value is -1.02. The van der Waals surface area contributed by atoms with Gasteiger partial charge in [-0.05, 0) is 42.7 Å². The van der Waals surface area contributed by atoms with Crippen molar-refractivity contribution in [2.75, 3.05) is 0 Å². The predicted octanol–water partition coefficient (Wildman–Crippen LogP) is 3.10. The molecule has 86 valence electrons. The molecule has 0 amide bonds. The molecule has 0 spiro atoms. The molecule has 16 heavy (non-hydrogen) atoms. The summed E-state index contributed by atoms with van der Waals surface area (Å²) < 4.78 is 0. The highest BCUT2D eigenvalue weighted by Crippen LogP contribution is 2.53. The number of fused-ring (bicyclic) bond motifs is 2. The number of rotatable bonds is 1. The van der Waals surface area contributed by atoms with Gasteiger partial charge in [-0.15, -0.1) is 12.4 Å². The molecule has 3 aliphatic carbocycles. The highest BCUT2D eigenvalue weighted by atomic mass is 35.5. The quantitative estimate of drug-likeness (QED) is 0.816. The van der Waals surface area contributed by atoms with Gasteiger partial charge in [-0.2, -0.15) is 0 Å². The summed E-state index contributed by atoms with van der Waals surface area (Å²) in [6, 6.07) is 8.10. The minimum absolute atomic E-state index is 0. The highest BCUT2D eigenvalue weighted by Gasteiger charge is 2.49. The van der Waals surface area contributed by atoms with Crippen LogP contribution in [0.25, 0.3) is 0 Å². The molecule has 0 aliphatic heterocycles. The molecule has 1 aromatic carbocycles. The molecule has 0 aromatic heterocycles. The normalized spacial score (nSPS) is 30.4. The first-order chi connectivity index (χ1) is 7.24. The van der Waals surface area contributed by atoms with Crippen LogP contribution in [0.2, 0.25) is 0 Å². The average molecular weight is 239 g/mol. The van der Waals surface area contributed by atoms with E-state index in [0.29, 0.717) is 5.92 Å². The molecular formula is C13H15ClO2. The second kappa shape index (κ2) is 3.77. The number of carbonyl (C=O) groups is 1. The van der Waals surface area contributed by atoms with Crippen molar-refractivity contribution >= 4 is 18.4 Å². The van der Waals surface area contributed by atoms with E-state index in [0.717, 1.165) is 31.2 Å². The van der Waals surface area contributed by atoms with Crippen LogP contribution in [0.1, 0.15) is 42.7 Å². The Morgan fingerprint density at radius 3 is 2.50 bits per heavy atom. The molecular weight excluding hydrogens is 224 g/mol. The third-order valence-corrected chi connectivity index (χ3v) is 4.16. The average Bonchev–Trinajstić information content (AvgIpc) is 2.31. The Balaban J connectivity index is 0.000000963. The molecule has 0 radical (unpaired) electrons. The Morgan fingerprint density at radius 1 is 1.25 bits per heavy atom. The molecule has 0 atom stereocenters. The summed E-state index contributed by atoms with van der Waals surface area (Å²) in [5, 5.41) is 9.46. The number of aliphatic carboxylic acids is 1. The summed E-state index contributed by atoms with van der Waals surface area (Å²) in [6.07, 6.45) is 3.74. The van der Waals surface area contributed by atoms with Gasteiger partial charge in [0.25, 0.3) is 0 Å². The van der Waals surface area contributed by atoms with Crippen LogP contribution in [-0.4, -0.2) is 11.1 Å². The SMILES string of the molecule is Cl.O=C(O)C12CCC(CC1)c1ccccc12. The van der Waals surface area contributed by atoms with E-state index in [1.165, 1.54) is 5.56 Å². The second-order valence-electron chi connectivity index (χ2n) is 4.75. The third kappa shape index (κ3) is 1.29. The number of carboxylic acids is 1. The molecule has 1 aromatic rings. The molecule has 0 unspecified atom stereocenters. The van der Waals surface area contributed by atoms with E-state index < -0.39 is 11.4 Å². The molecule has 1 N–H and O–H groups in total. The predicted molar refractivity (Wildman–Crippen MR) is 64.2 cm³/mol. The summed E-state index contributed by atoms with van der Waals surface area (Å²) in [5.74, 6) is -0.0180. The van der Waals surface area contributed by atoms with Gasteiger partial charge in [0.15, 0.2) is 0 Å². The maximum Gasteiger partial charge on any atom is 0.314 e. The van der Waals surface area contributed by atoms with Crippen molar-refractivity contribution in [3.05, 3.63) is 35.4 Å². The van der Waals surface area contributed by atoms with Gasteiger partial charge < -0.3 is 5.11 Å². The van der Waals surface area contributed by atoms with Crippen LogP contribution >= 0.6 is 12.4 Å². The van der Waals surface area contributed by atoms with Gasteiger partial charge in [0.1, 0.15) is 0 Å². The maximum absolute atomic E-state index is 11.5. The number of hydrogen-bond acceptors (Lipinski definition) is 1. The summed E-state index contributed by atoms with van der Waals surface area (Å²) in [7, 11) is 0. The molecule has 2 bridgehead atoms. The van der Waals surface area contributed by atoms with Crippen molar-refractivity contribution in [3.63, 3.8) is 0 Å². The molecule has 0 saturated heterocycles. The molecule has 1 fully saturated rings. The lowest BCUT2D eigenvalue weighted by Gasteiger charge is -2.45. The van der Waals surface area contributed by atoms with E-state index in [1.54, 1.807) is 0 Å². The lowest BCUT2D eigenvalue weighted by molar-refractivity contribution is -0.146. The van der Waals surface area contributed by atoms with E-state index in [9.17, 15) is 9.90 Å². The van der Waals surface area contributed by atoms with Gasteiger partial charge in [-0.25, -0.2) is 0 Å². The smallest absolute Gasteiger partial charge is 0.314 e. The summed E-state index contributed by atoms with van der Waals surface area (Å²) in [4.78, 5) is 11.5. The number of hydrogen-bond donors (Lipinski definition) is 1. The van der Waals surface area contributed by atoms with E-state index in [-0.39, 0.29) is 12.4 Å². The van der Waals surface area contributed by atoms with Crippen molar-refractivity contribution in [2.24, 2.45) is 0 Å². The van der Waals surface area contributed by atoms with Crippen LogP contribution in [0, 0.1) is 0 Å². The highest BCUT2D eigenvalue weighted by molar-refractivity contribution is 5.85. The van der Waals surface area contributed by atoms with E-state index >= 15 is 0 Å². The largest absolute Gasteiger partial charge is 0.481 e. The van der Waals surface area contributed by atoms with E-state index in [4.69, 9.17) is 0 Å². The first-order valence-corrected chi connectivity index (χ1v) is 5.57. The summed E-state index contributed by atoms with van der Waals surface area (Å²) in [5.41, 5.74) is 1.81. The minimum Gasteiger partial charge on any atom is -0.481 e. The van der Waals surface area contributed by atoms with Crippen molar-refractivity contribution in [1.29, 1.82) is 0 Å². The molecule has 2 nitrogen and oxygen atoms in total. The number of carboxylic acid groups (broad SMARTS) is 1. The van der Waals surface area contributed by atoms with Gasteiger partial charge in [0.05, 0.1) is 5.41 Å².